The van der Waals surface area contributed by atoms with Gasteiger partial charge in [0.2, 0.25) is 0 Å². The third-order valence-corrected chi connectivity index (χ3v) is 4.74. The molecule has 0 aliphatic rings. The molecule has 0 saturated heterocycles. The first-order valence-corrected chi connectivity index (χ1v) is 7.53. The minimum atomic E-state index is -0.526. The molecular formula is C14H12N2OS2. The standard InChI is InChI=1S/C14H12N2OS2/c1-9(17)11-7-6-10(8-15-11)18-14-16-12-4-2-3-5-13(12)19-14/h2-9,17H,1H3/t9-/m1/s1. The highest BCUT2D eigenvalue weighted by Gasteiger charge is 2.07. The molecule has 19 heavy (non-hydrogen) atoms. The van der Waals surface area contributed by atoms with Crippen molar-refractivity contribution >= 4 is 33.3 Å². The highest BCUT2D eigenvalue weighted by atomic mass is 32.2. The summed E-state index contributed by atoms with van der Waals surface area (Å²) in [6.45, 7) is 1.71. The Bertz CT molecular complexity index is 659. The zero-order valence-electron chi connectivity index (χ0n) is 10.3. The lowest BCUT2D eigenvalue weighted by Crippen LogP contribution is -1.94. The molecule has 0 saturated carbocycles. The normalized spacial score (nSPS) is 12.7. The van der Waals surface area contributed by atoms with Gasteiger partial charge < -0.3 is 5.11 Å². The van der Waals surface area contributed by atoms with Gasteiger partial charge in [-0.1, -0.05) is 23.9 Å². The van der Waals surface area contributed by atoms with Crippen molar-refractivity contribution in [3.63, 3.8) is 0 Å². The average molecular weight is 288 g/mol. The van der Waals surface area contributed by atoms with Crippen LogP contribution in [0.25, 0.3) is 10.2 Å². The predicted octanol–water partition coefficient (Wildman–Crippen LogP) is 3.90. The molecule has 0 aliphatic heterocycles. The monoisotopic (exact) mass is 288 g/mol. The van der Waals surface area contributed by atoms with E-state index in [1.807, 2.05) is 30.3 Å². The summed E-state index contributed by atoms with van der Waals surface area (Å²) < 4.78 is 2.20. The zero-order chi connectivity index (χ0) is 13.2. The van der Waals surface area contributed by atoms with E-state index in [0.717, 1.165) is 14.8 Å². The molecule has 1 aromatic carbocycles. The fourth-order valence-corrected chi connectivity index (χ4v) is 3.70. The smallest absolute Gasteiger partial charge is 0.155 e. The molecule has 0 unspecified atom stereocenters. The summed E-state index contributed by atoms with van der Waals surface area (Å²) in [4.78, 5) is 9.84. The van der Waals surface area contributed by atoms with Gasteiger partial charge >= 0.3 is 0 Å². The molecule has 3 aromatic rings. The van der Waals surface area contributed by atoms with Gasteiger partial charge in [0.1, 0.15) is 0 Å². The van der Waals surface area contributed by atoms with Crippen molar-refractivity contribution in [2.45, 2.75) is 22.3 Å². The number of benzene rings is 1. The molecular weight excluding hydrogens is 276 g/mol. The van der Waals surface area contributed by atoms with Crippen LogP contribution in [0.1, 0.15) is 18.7 Å². The zero-order valence-corrected chi connectivity index (χ0v) is 11.9. The van der Waals surface area contributed by atoms with Crippen LogP contribution >= 0.6 is 23.1 Å². The molecule has 0 spiro atoms. The fourth-order valence-electron chi connectivity index (χ4n) is 1.69. The van der Waals surface area contributed by atoms with Crippen LogP contribution in [0, 0.1) is 0 Å². The molecule has 96 valence electrons. The van der Waals surface area contributed by atoms with Crippen molar-refractivity contribution in [3.8, 4) is 0 Å². The number of nitrogens with zero attached hydrogens (tertiary/aromatic N) is 2. The van der Waals surface area contributed by atoms with E-state index in [4.69, 9.17) is 0 Å². The average Bonchev–Trinajstić information content (AvgIpc) is 2.81. The van der Waals surface area contributed by atoms with E-state index in [1.165, 1.54) is 4.70 Å². The Kier molecular flexibility index (Phi) is 3.50. The molecule has 5 heteroatoms. The quantitative estimate of drug-likeness (QED) is 0.794. The Hall–Kier alpha value is -1.43. The molecule has 0 radical (unpaired) electrons. The molecule has 0 aliphatic carbocycles. The third-order valence-electron chi connectivity index (χ3n) is 2.67. The van der Waals surface area contributed by atoms with Crippen LogP contribution in [0.3, 0.4) is 0 Å². The van der Waals surface area contributed by atoms with Gasteiger partial charge in [-0.3, -0.25) is 4.98 Å². The van der Waals surface area contributed by atoms with Crippen molar-refractivity contribution in [1.29, 1.82) is 0 Å². The van der Waals surface area contributed by atoms with Crippen LogP contribution in [-0.4, -0.2) is 15.1 Å². The van der Waals surface area contributed by atoms with E-state index in [1.54, 1.807) is 36.2 Å². The summed E-state index contributed by atoms with van der Waals surface area (Å²) >= 11 is 3.27. The Morgan fingerprint density at radius 2 is 2.05 bits per heavy atom. The van der Waals surface area contributed by atoms with Crippen molar-refractivity contribution in [3.05, 3.63) is 48.3 Å². The third kappa shape index (κ3) is 2.78. The van der Waals surface area contributed by atoms with Gasteiger partial charge in [-0.2, -0.15) is 0 Å². The van der Waals surface area contributed by atoms with E-state index in [9.17, 15) is 5.11 Å². The number of thiazole rings is 1. The number of aromatic nitrogens is 2. The number of rotatable bonds is 3. The Labute approximate surface area is 119 Å². The molecule has 2 aromatic heterocycles. The summed E-state index contributed by atoms with van der Waals surface area (Å²) in [5, 5.41) is 9.42. The first-order valence-electron chi connectivity index (χ1n) is 5.90. The summed E-state index contributed by atoms with van der Waals surface area (Å²) in [6, 6.07) is 11.9. The predicted molar refractivity (Wildman–Crippen MR) is 78.6 cm³/mol. The fraction of sp³-hybridized carbons (Fsp3) is 0.143. The number of aliphatic hydroxyl groups is 1. The van der Waals surface area contributed by atoms with E-state index in [-0.39, 0.29) is 0 Å². The molecule has 1 atom stereocenters. The number of hydrogen-bond donors (Lipinski definition) is 1. The Morgan fingerprint density at radius 3 is 2.74 bits per heavy atom. The molecule has 3 nitrogen and oxygen atoms in total. The van der Waals surface area contributed by atoms with Crippen LogP contribution in [0.5, 0.6) is 0 Å². The van der Waals surface area contributed by atoms with Crippen LogP contribution in [0.15, 0.2) is 51.8 Å². The number of para-hydroxylation sites is 1. The molecule has 0 fully saturated rings. The second-order valence-electron chi connectivity index (χ2n) is 4.14. The molecule has 0 bridgehead atoms. The molecule has 3 rings (SSSR count). The van der Waals surface area contributed by atoms with E-state index in [0.29, 0.717) is 5.69 Å². The lowest BCUT2D eigenvalue weighted by Gasteiger charge is -2.03. The van der Waals surface area contributed by atoms with E-state index >= 15 is 0 Å². The summed E-state index contributed by atoms with van der Waals surface area (Å²) in [7, 11) is 0. The van der Waals surface area contributed by atoms with Crippen LogP contribution in [0.4, 0.5) is 0 Å². The highest BCUT2D eigenvalue weighted by Crippen LogP contribution is 2.34. The number of hydrogen-bond acceptors (Lipinski definition) is 5. The second-order valence-corrected chi connectivity index (χ2v) is 6.50. The Balaban J connectivity index is 1.84. The van der Waals surface area contributed by atoms with Gasteiger partial charge in [0, 0.05) is 11.1 Å². The Morgan fingerprint density at radius 1 is 1.21 bits per heavy atom. The van der Waals surface area contributed by atoms with Gasteiger partial charge in [-0.05, 0) is 31.2 Å². The maximum absolute atomic E-state index is 9.42. The number of fused-ring (bicyclic) bond motifs is 1. The van der Waals surface area contributed by atoms with Gasteiger partial charge in [-0.15, -0.1) is 11.3 Å². The molecule has 2 heterocycles. The lowest BCUT2D eigenvalue weighted by molar-refractivity contribution is 0.194. The van der Waals surface area contributed by atoms with Gasteiger partial charge in [0.05, 0.1) is 22.0 Å². The highest BCUT2D eigenvalue weighted by molar-refractivity contribution is 8.01. The second kappa shape index (κ2) is 5.28. The number of aliphatic hydroxyl groups excluding tert-OH is 1. The minimum absolute atomic E-state index is 0.526. The largest absolute Gasteiger partial charge is 0.387 e. The van der Waals surface area contributed by atoms with Gasteiger partial charge in [-0.25, -0.2) is 4.98 Å². The minimum Gasteiger partial charge on any atom is -0.387 e. The van der Waals surface area contributed by atoms with Crippen LogP contribution in [0.2, 0.25) is 0 Å². The molecule has 0 amide bonds. The van der Waals surface area contributed by atoms with Crippen molar-refractivity contribution in [1.82, 2.24) is 9.97 Å². The van der Waals surface area contributed by atoms with E-state index in [2.05, 4.69) is 16.0 Å². The van der Waals surface area contributed by atoms with Crippen molar-refractivity contribution < 1.29 is 5.11 Å². The van der Waals surface area contributed by atoms with Gasteiger partial charge in [0.25, 0.3) is 0 Å². The number of pyridine rings is 1. The summed E-state index contributed by atoms with van der Waals surface area (Å²) in [5.74, 6) is 0. The SMILES string of the molecule is C[C@@H](O)c1ccc(Sc2nc3ccccc3s2)cn1. The maximum atomic E-state index is 9.42. The summed E-state index contributed by atoms with van der Waals surface area (Å²) in [5.41, 5.74) is 1.72. The topological polar surface area (TPSA) is 46.0 Å². The lowest BCUT2D eigenvalue weighted by atomic mass is 10.2. The van der Waals surface area contributed by atoms with E-state index < -0.39 is 6.10 Å². The maximum Gasteiger partial charge on any atom is 0.155 e. The van der Waals surface area contributed by atoms with Crippen LogP contribution < -0.4 is 0 Å². The van der Waals surface area contributed by atoms with Gasteiger partial charge in [0.15, 0.2) is 4.34 Å². The molecule has 1 N–H and O–H groups in total. The van der Waals surface area contributed by atoms with Crippen molar-refractivity contribution in [2.24, 2.45) is 0 Å². The van der Waals surface area contributed by atoms with Crippen molar-refractivity contribution in [2.75, 3.05) is 0 Å². The first kappa shape index (κ1) is 12.6. The first-order chi connectivity index (χ1) is 9.22. The van der Waals surface area contributed by atoms with Crippen LogP contribution in [-0.2, 0) is 0 Å². The summed E-state index contributed by atoms with van der Waals surface area (Å²) in [6.07, 6.45) is 1.25.